The molecule has 0 saturated heterocycles. The zero-order chi connectivity index (χ0) is 12.4. The molecule has 0 spiro atoms. The molecule has 0 amide bonds. The second kappa shape index (κ2) is 4.74. The van der Waals surface area contributed by atoms with Crippen molar-refractivity contribution in [3.8, 4) is 5.75 Å². The molecule has 0 unspecified atom stereocenters. The van der Waals surface area contributed by atoms with Crippen molar-refractivity contribution in [2.45, 2.75) is 0 Å². The number of carbonyl (C=O) groups is 1. The van der Waals surface area contributed by atoms with Crippen molar-refractivity contribution < 1.29 is 19.1 Å². The molecule has 0 aliphatic carbocycles. The molecule has 1 N–H and O–H groups in total. The van der Waals surface area contributed by atoms with E-state index in [-0.39, 0.29) is 21.5 Å². The Balaban J connectivity index is 2.60. The molecular formula is C11H7IO5. The van der Waals surface area contributed by atoms with Crippen LogP contribution in [0.5, 0.6) is 5.75 Å². The first kappa shape index (κ1) is 11.9. The van der Waals surface area contributed by atoms with E-state index in [2.05, 4.69) is 0 Å². The van der Waals surface area contributed by atoms with Crippen LogP contribution in [0.15, 0.2) is 33.5 Å². The number of esters is 1. The first-order valence-corrected chi connectivity index (χ1v) is 6.14. The largest absolute Gasteiger partial charge is 0.508 e. The minimum Gasteiger partial charge on any atom is -0.508 e. The summed E-state index contributed by atoms with van der Waals surface area (Å²) in [4.78, 5) is 22.9. The smallest absolute Gasteiger partial charge is 0.351 e. The van der Waals surface area contributed by atoms with Gasteiger partial charge < -0.3 is 14.3 Å². The van der Waals surface area contributed by atoms with Gasteiger partial charge in [-0.1, -0.05) is 0 Å². The normalized spacial score (nSPS) is 10.4. The first-order chi connectivity index (χ1) is 8.11. The van der Waals surface area contributed by atoms with Gasteiger partial charge in [0, 0.05) is 11.5 Å². The molecule has 1 aromatic heterocycles. The van der Waals surface area contributed by atoms with Crippen LogP contribution >= 0.6 is 22.6 Å². The molecule has 6 heteroatoms. The van der Waals surface area contributed by atoms with E-state index in [1.807, 2.05) is 22.6 Å². The van der Waals surface area contributed by atoms with Gasteiger partial charge in [-0.25, -0.2) is 9.59 Å². The third kappa shape index (κ3) is 2.41. The second-order valence-corrected chi connectivity index (χ2v) is 3.83. The van der Waals surface area contributed by atoms with Crippen LogP contribution < -0.4 is 5.63 Å². The van der Waals surface area contributed by atoms with Gasteiger partial charge in [0.1, 0.15) is 21.5 Å². The van der Waals surface area contributed by atoms with Gasteiger partial charge in [-0.2, -0.15) is 0 Å². The van der Waals surface area contributed by atoms with Crippen LogP contribution in [-0.4, -0.2) is 15.7 Å². The summed E-state index contributed by atoms with van der Waals surface area (Å²) >= 11 is 1.85. The van der Waals surface area contributed by atoms with E-state index in [0.717, 1.165) is 0 Å². The van der Waals surface area contributed by atoms with Gasteiger partial charge in [-0.05, 0) is 40.8 Å². The predicted molar refractivity (Wildman–Crippen MR) is 68.5 cm³/mol. The molecule has 2 rings (SSSR count). The summed E-state index contributed by atoms with van der Waals surface area (Å²) in [7, 11) is 0. The number of fused-ring (bicyclic) bond motifs is 1. The Hall–Kier alpha value is -1.57. The Morgan fingerprint density at radius 1 is 1.41 bits per heavy atom. The quantitative estimate of drug-likeness (QED) is 0.390. The number of carbonyl (C=O) groups excluding carboxylic acids is 1. The van der Waals surface area contributed by atoms with Crippen LogP contribution in [0, 0.1) is 0 Å². The Morgan fingerprint density at radius 3 is 2.88 bits per heavy atom. The van der Waals surface area contributed by atoms with E-state index in [4.69, 9.17) is 9.15 Å². The number of phenols is 1. The number of rotatable bonds is 2. The lowest BCUT2D eigenvalue weighted by Crippen LogP contribution is -2.15. The Bertz CT molecular complexity index is 631. The number of halogens is 1. The molecule has 0 aliphatic rings. The maximum atomic E-state index is 11.5. The average molecular weight is 346 g/mol. The zero-order valence-corrected chi connectivity index (χ0v) is 10.6. The SMILES string of the molecule is O=C(OCI)c1cc2ccc(O)cc2oc1=O. The Labute approximate surface area is 109 Å². The van der Waals surface area contributed by atoms with Crippen molar-refractivity contribution in [3.05, 3.63) is 40.2 Å². The number of aromatic hydroxyl groups is 1. The monoisotopic (exact) mass is 346 g/mol. The molecule has 0 radical (unpaired) electrons. The van der Waals surface area contributed by atoms with Crippen molar-refractivity contribution >= 4 is 39.5 Å². The summed E-state index contributed by atoms with van der Waals surface area (Å²) in [5.74, 6) is -0.730. The van der Waals surface area contributed by atoms with E-state index in [9.17, 15) is 14.7 Å². The van der Waals surface area contributed by atoms with Gasteiger partial charge in [-0.15, -0.1) is 0 Å². The standard InChI is InChI=1S/C11H7IO5/c12-5-16-10(14)8-3-6-1-2-7(13)4-9(6)17-11(8)15/h1-4,13H,5H2. The van der Waals surface area contributed by atoms with E-state index in [1.165, 1.54) is 18.2 Å². The van der Waals surface area contributed by atoms with Crippen molar-refractivity contribution in [2.24, 2.45) is 0 Å². The van der Waals surface area contributed by atoms with Crippen molar-refractivity contribution in [2.75, 3.05) is 4.61 Å². The van der Waals surface area contributed by atoms with Crippen LogP contribution in [0.25, 0.3) is 11.0 Å². The fourth-order valence-corrected chi connectivity index (χ4v) is 1.65. The molecule has 0 saturated carbocycles. The first-order valence-electron chi connectivity index (χ1n) is 4.62. The molecular weight excluding hydrogens is 339 g/mol. The molecule has 0 aliphatic heterocycles. The van der Waals surface area contributed by atoms with Gasteiger partial charge in [0.2, 0.25) is 0 Å². The number of alkyl halides is 1. The van der Waals surface area contributed by atoms with E-state index in [1.54, 1.807) is 6.07 Å². The van der Waals surface area contributed by atoms with Gasteiger partial charge in [0.15, 0.2) is 0 Å². The molecule has 0 bridgehead atoms. The van der Waals surface area contributed by atoms with E-state index >= 15 is 0 Å². The van der Waals surface area contributed by atoms with Crippen LogP contribution in [0.1, 0.15) is 10.4 Å². The molecule has 1 aromatic carbocycles. The van der Waals surface area contributed by atoms with Gasteiger partial charge >= 0.3 is 11.6 Å². The van der Waals surface area contributed by atoms with E-state index < -0.39 is 11.6 Å². The lowest BCUT2D eigenvalue weighted by Gasteiger charge is -2.01. The highest BCUT2D eigenvalue weighted by Gasteiger charge is 2.14. The lowest BCUT2D eigenvalue weighted by atomic mass is 10.2. The zero-order valence-electron chi connectivity index (χ0n) is 8.47. The summed E-state index contributed by atoms with van der Waals surface area (Å²) in [5, 5.41) is 9.77. The number of benzene rings is 1. The highest BCUT2D eigenvalue weighted by Crippen LogP contribution is 2.19. The fraction of sp³-hybridized carbons (Fsp3) is 0.0909. The second-order valence-electron chi connectivity index (χ2n) is 3.21. The van der Waals surface area contributed by atoms with Crippen LogP contribution in [0.3, 0.4) is 0 Å². The van der Waals surface area contributed by atoms with Gasteiger partial charge in [0.05, 0.1) is 0 Å². The van der Waals surface area contributed by atoms with Crippen LogP contribution in [0.4, 0.5) is 0 Å². The molecule has 1 heterocycles. The number of phenolic OH excluding ortho intramolecular Hbond substituents is 1. The average Bonchev–Trinajstić information content (AvgIpc) is 2.28. The Morgan fingerprint density at radius 2 is 2.18 bits per heavy atom. The number of hydrogen-bond donors (Lipinski definition) is 1. The maximum absolute atomic E-state index is 11.5. The molecule has 17 heavy (non-hydrogen) atoms. The highest BCUT2D eigenvalue weighted by molar-refractivity contribution is 14.1. The summed E-state index contributed by atoms with van der Waals surface area (Å²) < 4.78 is 9.80. The third-order valence-electron chi connectivity index (χ3n) is 2.13. The predicted octanol–water partition coefficient (Wildman–Crippen LogP) is 2.05. The summed E-state index contributed by atoms with van der Waals surface area (Å²) in [6.07, 6.45) is 0. The third-order valence-corrected chi connectivity index (χ3v) is 2.44. The lowest BCUT2D eigenvalue weighted by molar-refractivity contribution is 0.0586. The van der Waals surface area contributed by atoms with Crippen LogP contribution in [0.2, 0.25) is 0 Å². The minimum atomic E-state index is -0.780. The molecule has 0 atom stereocenters. The highest BCUT2D eigenvalue weighted by atomic mass is 127. The fourth-order valence-electron chi connectivity index (χ4n) is 1.37. The summed E-state index contributed by atoms with van der Waals surface area (Å²) in [5.41, 5.74) is -0.709. The van der Waals surface area contributed by atoms with Crippen molar-refractivity contribution in [3.63, 3.8) is 0 Å². The molecule has 0 fully saturated rings. The summed E-state index contributed by atoms with van der Waals surface area (Å²) in [6, 6.07) is 5.68. The Kier molecular flexibility index (Phi) is 3.32. The maximum Gasteiger partial charge on any atom is 0.351 e. The topological polar surface area (TPSA) is 76.7 Å². The summed E-state index contributed by atoms with van der Waals surface area (Å²) in [6.45, 7) is 0. The van der Waals surface area contributed by atoms with Crippen molar-refractivity contribution in [1.82, 2.24) is 0 Å². The van der Waals surface area contributed by atoms with Gasteiger partial charge in [-0.3, -0.25) is 0 Å². The van der Waals surface area contributed by atoms with Crippen molar-refractivity contribution in [1.29, 1.82) is 0 Å². The molecule has 88 valence electrons. The molecule has 5 nitrogen and oxygen atoms in total. The van der Waals surface area contributed by atoms with Gasteiger partial charge in [0.25, 0.3) is 0 Å². The molecule has 2 aromatic rings. The van der Waals surface area contributed by atoms with Crippen LogP contribution in [-0.2, 0) is 4.74 Å². The number of hydrogen-bond acceptors (Lipinski definition) is 5. The number of ether oxygens (including phenoxy) is 1. The minimum absolute atomic E-state index is 0.0109. The van der Waals surface area contributed by atoms with E-state index in [0.29, 0.717) is 5.39 Å².